The van der Waals surface area contributed by atoms with Crippen LogP contribution in [0.3, 0.4) is 0 Å². The van der Waals surface area contributed by atoms with Crippen molar-refractivity contribution in [2.75, 3.05) is 27.9 Å². The fourth-order valence-electron chi connectivity index (χ4n) is 3.97. The van der Waals surface area contributed by atoms with Gasteiger partial charge in [0.05, 0.1) is 38.6 Å². The minimum Gasteiger partial charge on any atom is -0.497 e. The first-order chi connectivity index (χ1) is 15.6. The standard InChI is InChI=1S/C24H26N2O5S/c1-28-18-7-8-19(22(12-18)29-2)20-5-4-10-26(20)24(27)16-6-9-21(23(11-16)30-3)31-13-17-14-32-15-25-17/h6-9,11-12,14-15,20H,4-5,10,13H2,1-3H3. The van der Waals surface area contributed by atoms with Gasteiger partial charge in [0.15, 0.2) is 11.5 Å². The van der Waals surface area contributed by atoms with Crippen LogP contribution in [0.2, 0.25) is 0 Å². The van der Waals surface area contributed by atoms with Crippen LogP contribution in [0, 0.1) is 0 Å². The predicted molar refractivity (Wildman–Crippen MR) is 122 cm³/mol. The van der Waals surface area contributed by atoms with E-state index in [1.807, 2.05) is 28.5 Å². The predicted octanol–water partition coefficient (Wildman–Crippen LogP) is 4.73. The van der Waals surface area contributed by atoms with Gasteiger partial charge in [-0.3, -0.25) is 4.79 Å². The number of carbonyl (C=O) groups excluding carboxylic acids is 1. The first kappa shape index (κ1) is 22.0. The molecule has 1 unspecified atom stereocenters. The summed E-state index contributed by atoms with van der Waals surface area (Å²) in [5.74, 6) is 2.49. The molecule has 0 bridgehead atoms. The molecule has 0 radical (unpaired) electrons. The molecule has 32 heavy (non-hydrogen) atoms. The number of carbonyl (C=O) groups is 1. The maximum atomic E-state index is 13.4. The Balaban J connectivity index is 1.55. The maximum Gasteiger partial charge on any atom is 0.254 e. The lowest BCUT2D eigenvalue weighted by atomic mass is 10.0. The number of methoxy groups -OCH3 is 3. The van der Waals surface area contributed by atoms with Gasteiger partial charge in [-0.15, -0.1) is 11.3 Å². The molecule has 1 aliphatic heterocycles. The second-order valence-corrected chi connectivity index (χ2v) is 8.12. The SMILES string of the molecule is COc1ccc(C2CCCN2C(=O)c2ccc(OCc3cscn3)c(OC)c2)c(OC)c1. The normalized spacial score (nSPS) is 15.5. The van der Waals surface area contributed by atoms with Gasteiger partial charge in [-0.1, -0.05) is 0 Å². The Morgan fingerprint density at radius 1 is 1.06 bits per heavy atom. The van der Waals surface area contributed by atoms with Crippen LogP contribution in [0.1, 0.15) is 40.5 Å². The topological polar surface area (TPSA) is 70.1 Å². The van der Waals surface area contributed by atoms with E-state index < -0.39 is 0 Å². The molecule has 1 amide bonds. The number of nitrogens with zero attached hydrogens (tertiary/aromatic N) is 2. The van der Waals surface area contributed by atoms with Gasteiger partial charge >= 0.3 is 0 Å². The lowest BCUT2D eigenvalue weighted by molar-refractivity contribution is 0.0733. The zero-order valence-electron chi connectivity index (χ0n) is 18.4. The molecular formula is C24H26N2O5S. The van der Waals surface area contributed by atoms with Crippen LogP contribution in [-0.2, 0) is 6.61 Å². The van der Waals surface area contributed by atoms with E-state index >= 15 is 0 Å². The van der Waals surface area contributed by atoms with E-state index in [2.05, 4.69) is 4.98 Å². The van der Waals surface area contributed by atoms with E-state index in [1.54, 1.807) is 45.0 Å². The summed E-state index contributed by atoms with van der Waals surface area (Å²) in [4.78, 5) is 19.6. The van der Waals surface area contributed by atoms with Gasteiger partial charge in [0.1, 0.15) is 18.1 Å². The van der Waals surface area contributed by atoms with E-state index in [4.69, 9.17) is 18.9 Å². The summed E-state index contributed by atoms with van der Waals surface area (Å²) in [6.07, 6.45) is 1.80. The Morgan fingerprint density at radius 3 is 2.62 bits per heavy atom. The van der Waals surface area contributed by atoms with Crippen molar-refractivity contribution in [2.45, 2.75) is 25.5 Å². The molecule has 1 saturated heterocycles. The smallest absolute Gasteiger partial charge is 0.254 e. The van der Waals surface area contributed by atoms with Gasteiger partial charge in [-0.2, -0.15) is 0 Å². The molecule has 0 saturated carbocycles. The van der Waals surface area contributed by atoms with Crippen molar-refractivity contribution in [3.8, 4) is 23.0 Å². The molecule has 0 spiro atoms. The third kappa shape index (κ3) is 4.50. The van der Waals surface area contributed by atoms with Gasteiger partial charge in [0.25, 0.3) is 5.91 Å². The highest BCUT2D eigenvalue weighted by atomic mass is 32.1. The van der Waals surface area contributed by atoms with Gasteiger partial charge in [0, 0.05) is 29.1 Å². The van der Waals surface area contributed by atoms with E-state index in [1.165, 1.54) is 11.3 Å². The minimum absolute atomic E-state index is 0.0466. The number of amides is 1. The zero-order chi connectivity index (χ0) is 22.5. The molecule has 7 nitrogen and oxygen atoms in total. The number of benzene rings is 2. The molecule has 1 aliphatic rings. The number of hydrogen-bond acceptors (Lipinski definition) is 7. The Kier molecular flexibility index (Phi) is 6.80. The third-order valence-electron chi connectivity index (χ3n) is 5.58. The molecule has 3 aromatic rings. The highest BCUT2D eigenvalue weighted by Gasteiger charge is 2.33. The van der Waals surface area contributed by atoms with Gasteiger partial charge in [-0.05, 0) is 43.2 Å². The Bertz CT molecular complexity index is 1070. The monoisotopic (exact) mass is 454 g/mol. The molecule has 1 aromatic heterocycles. The molecule has 1 fully saturated rings. The molecule has 0 aliphatic carbocycles. The highest BCUT2D eigenvalue weighted by molar-refractivity contribution is 7.07. The van der Waals surface area contributed by atoms with Gasteiger partial charge < -0.3 is 23.8 Å². The summed E-state index contributed by atoms with van der Waals surface area (Å²) < 4.78 is 22.2. The van der Waals surface area contributed by atoms with Crippen molar-refractivity contribution in [3.63, 3.8) is 0 Å². The minimum atomic E-state index is -0.0602. The molecule has 2 heterocycles. The van der Waals surface area contributed by atoms with Gasteiger partial charge in [-0.25, -0.2) is 4.98 Å². The van der Waals surface area contributed by atoms with Crippen LogP contribution in [0.4, 0.5) is 0 Å². The number of hydrogen-bond donors (Lipinski definition) is 0. The van der Waals surface area contributed by atoms with Crippen LogP contribution in [0.15, 0.2) is 47.3 Å². The molecule has 0 N–H and O–H groups in total. The molecule has 1 atom stereocenters. The lowest BCUT2D eigenvalue weighted by Crippen LogP contribution is -2.30. The second-order valence-electron chi connectivity index (χ2n) is 7.40. The average molecular weight is 455 g/mol. The molecule has 2 aromatic carbocycles. The van der Waals surface area contributed by atoms with E-state index in [-0.39, 0.29) is 11.9 Å². The quantitative estimate of drug-likeness (QED) is 0.490. The zero-order valence-corrected chi connectivity index (χ0v) is 19.2. The first-order valence-electron chi connectivity index (χ1n) is 10.4. The molecular weight excluding hydrogens is 428 g/mol. The first-order valence-corrected chi connectivity index (χ1v) is 11.3. The lowest BCUT2D eigenvalue weighted by Gasteiger charge is -2.27. The molecule has 4 rings (SSSR count). The Labute approximate surface area is 191 Å². The second kappa shape index (κ2) is 9.91. The highest BCUT2D eigenvalue weighted by Crippen LogP contribution is 2.40. The number of likely N-dealkylation sites (tertiary alicyclic amines) is 1. The largest absolute Gasteiger partial charge is 0.497 e. The van der Waals surface area contributed by atoms with Crippen LogP contribution in [-0.4, -0.2) is 43.7 Å². The van der Waals surface area contributed by atoms with Crippen LogP contribution in [0.5, 0.6) is 23.0 Å². The maximum absolute atomic E-state index is 13.4. The summed E-state index contributed by atoms with van der Waals surface area (Å²) in [6.45, 7) is 1.03. The van der Waals surface area contributed by atoms with Crippen molar-refractivity contribution in [3.05, 3.63) is 64.1 Å². The number of aromatic nitrogens is 1. The van der Waals surface area contributed by atoms with E-state index in [0.717, 1.165) is 35.6 Å². The van der Waals surface area contributed by atoms with Gasteiger partial charge in [0.2, 0.25) is 0 Å². The van der Waals surface area contributed by atoms with Crippen molar-refractivity contribution in [1.82, 2.24) is 9.88 Å². The number of rotatable bonds is 8. The van der Waals surface area contributed by atoms with Crippen molar-refractivity contribution >= 4 is 17.2 Å². The third-order valence-corrected chi connectivity index (χ3v) is 6.22. The van der Waals surface area contributed by atoms with Crippen LogP contribution < -0.4 is 18.9 Å². The Hall–Kier alpha value is -3.26. The number of thiazole rings is 1. The summed E-state index contributed by atoms with van der Waals surface area (Å²) in [6, 6.07) is 11.0. The van der Waals surface area contributed by atoms with Crippen molar-refractivity contribution < 1.29 is 23.7 Å². The van der Waals surface area contributed by atoms with E-state index in [0.29, 0.717) is 30.2 Å². The summed E-state index contributed by atoms with van der Waals surface area (Å²) in [5, 5.41) is 1.94. The summed E-state index contributed by atoms with van der Waals surface area (Å²) >= 11 is 1.52. The van der Waals surface area contributed by atoms with Crippen molar-refractivity contribution in [2.24, 2.45) is 0 Å². The summed E-state index contributed by atoms with van der Waals surface area (Å²) in [7, 11) is 4.83. The van der Waals surface area contributed by atoms with Crippen LogP contribution in [0.25, 0.3) is 0 Å². The molecule has 168 valence electrons. The van der Waals surface area contributed by atoms with E-state index in [9.17, 15) is 4.79 Å². The summed E-state index contributed by atoms with van der Waals surface area (Å²) in [5.41, 5.74) is 4.16. The average Bonchev–Trinajstić information content (AvgIpc) is 3.54. The Morgan fingerprint density at radius 2 is 1.91 bits per heavy atom. The van der Waals surface area contributed by atoms with Crippen molar-refractivity contribution in [1.29, 1.82) is 0 Å². The fourth-order valence-corrected chi connectivity index (χ4v) is 4.52. The fraction of sp³-hybridized carbons (Fsp3) is 0.333. The molecule has 8 heteroatoms. The number of ether oxygens (including phenoxy) is 4. The van der Waals surface area contributed by atoms with Crippen LogP contribution >= 0.6 is 11.3 Å².